The minimum Gasteiger partial charge on any atom is -0.456 e. The van der Waals surface area contributed by atoms with Gasteiger partial charge in [-0.2, -0.15) is 0 Å². The molecule has 0 amide bonds. The molecule has 0 N–H and O–H groups in total. The minimum atomic E-state index is 0.643. The second-order valence-corrected chi connectivity index (χ2v) is 9.67. The van der Waals surface area contributed by atoms with Gasteiger partial charge in [-0.3, -0.25) is 0 Å². The van der Waals surface area contributed by atoms with Crippen LogP contribution in [0.4, 0.5) is 0 Å². The second kappa shape index (κ2) is 8.61. The summed E-state index contributed by atoms with van der Waals surface area (Å²) in [6.45, 7) is 0. The fourth-order valence-corrected chi connectivity index (χ4v) is 5.45. The molecule has 0 saturated carbocycles. The van der Waals surface area contributed by atoms with Gasteiger partial charge in [0.15, 0.2) is 17.5 Å². The molecular formula is C35H21N3O. The molecule has 182 valence electrons. The maximum atomic E-state index is 6.15. The summed E-state index contributed by atoms with van der Waals surface area (Å²) >= 11 is 0. The van der Waals surface area contributed by atoms with Crippen LogP contribution in [0.1, 0.15) is 0 Å². The van der Waals surface area contributed by atoms with E-state index in [1.165, 1.54) is 5.39 Å². The van der Waals surface area contributed by atoms with E-state index in [4.69, 9.17) is 19.4 Å². The van der Waals surface area contributed by atoms with E-state index in [2.05, 4.69) is 72.8 Å². The molecule has 0 spiro atoms. The number of rotatable bonds is 3. The van der Waals surface area contributed by atoms with Gasteiger partial charge in [-0.25, -0.2) is 15.0 Å². The summed E-state index contributed by atoms with van der Waals surface area (Å²) in [4.78, 5) is 15.0. The van der Waals surface area contributed by atoms with Crippen molar-refractivity contribution in [3.05, 3.63) is 127 Å². The molecule has 0 bridgehead atoms. The first kappa shape index (κ1) is 21.7. The predicted octanol–water partition coefficient (Wildman–Crippen LogP) is 9.08. The number of nitrogens with zero attached hydrogens (tertiary/aromatic N) is 3. The average molecular weight is 500 g/mol. The Morgan fingerprint density at radius 2 is 1.13 bits per heavy atom. The molecule has 4 nitrogen and oxygen atoms in total. The Morgan fingerprint density at radius 3 is 2.03 bits per heavy atom. The molecule has 39 heavy (non-hydrogen) atoms. The fourth-order valence-electron chi connectivity index (χ4n) is 5.45. The summed E-state index contributed by atoms with van der Waals surface area (Å²) in [6.07, 6.45) is 0. The molecule has 4 heteroatoms. The summed E-state index contributed by atoms with van der Waals surface area (Å²) < 4.78 is 6.15. The van der Waals surface area contributed by atoms with Crippen LogP contribution in [0, 0.1) is 0 Å². The van der Waals surface area contributed by atoms with E-state index >= 15 is 0 Å². The molecule has 0 radical (unpaired) electrons. The Kier molecular flexibility index (Phi) is 4.79. The number of hydrogen-bond donors (Lipinski definition) is 0. The van der Waals surface area contributed by atoms with Crippen molar-refractivity contribution in [1.82, 2.24) is 15.0 Å². The van der Waals surface area contributed by atoms with Crippen LogP contribution in [0.5, 0.6) is 0 Å². The summed E-state index contributed by atoms with van der Waals surface area (Å²) in [5.74, 6) is 1.94. The monoisotopic (exact) mass is 499 g/mol. The molecule has 0 fully saturated rings. The maximum Gasteiger partial charge on any atom is 0.164 e. The zero-order chi connectivity index (χ0) is 25.8. The van der Waals surface area contributed by atoms with E-state index in [9.17, 15) is 0 Å². The Hall–Kier alpha value is -5.35. The van der Waals surface area contributed by atoms with Crippen LogP contribution >= 0.6 is 0 Å². The van der Waals surface area contributed by atoms with E-state index in [-0.39, 0.29) is 0 Å². The highest BCUT2D eigenvalue weighted by atomic mass is 16.3. The van der Waals surface area contributed by atoms with Gasteiger partial charge in [0.2, 0.25) is 0 Å². The van der Waals surface area contributed by atoms with Crippen LogP contribution in [0.2, 0.25) is 0 Å². The lowest BCUT2D eigenvalue weighted by molar-refractivity contribution is 0.669. The highest BCUT2D eigenvalue weighted by Crippen LogP contribution is 2.38. The smallest absolute Gasteiger partial charge is 0.164 e. The van der Waals surface area contributed by atoms with Crippen LogP contribution in [0.15, 0.2) is 132 Å². The van der Waals surface area contributed by atoms with E-state index in [1.54, 1.807) is 0 Å². The molecule has 0 unspecified atom stereocenters. The topological polar surface area (TPSA) is 51.8 Å². The van der Waals surface area contributed by atoms with Crippen LogP contribution < -0.4 is 0 Å². The van der Waals surface area contributed by atoms with E-state index < -0.39 is 0 Å². The van der Waals surface area contributed by atoms with Crippen molar-refractivity contribution in [2.24, 2.45) is 0 Å². The standard InChI is InChI=1S/C35H21N3O/c1-2-10-23(11-3-1)33-36-34(25-18-17-22-9-4-5-12-24(22)21-25)38-35(37-33)28-15-8-14-27-26(28)19-20-31-32(27)29-13-6-7-16-30(29)39-31/h1-21H. The number of benzene rings is 6. The SMILES string of the molecule is c1ccc(-c2nc(-c3ccc4ccccc4c3)nc(-c3cccc4c3ccc3oc5ccccc5c34)n2)cc1. The number of aromatic nitrogens is 3. The normalized spacial score (nSPS) is 11.6. The molecule has 6 aromatic carbocycles. The lowest BCUT2D eigenvalue weighted by Crippen LogP contribution is -2.00. The average Bonchev–Trinajstić information content (AvgIpc) is 3.40. The second-order valence-electron chi connectivity index (χ2n) is 9.67. The van der Waals surface area contributed by atoms with Gasteiger partial charge in [0.05, 0.1) is 0 Å². The number of furan rings is 1. The molecule has 0 saturated heterocycles. The van der Waals surface area contributed by atoms with Gasteiger partial charge >= 0.3 is 0 Å². The molecular weight excluding hydrogens is 478 g/mol. The fraction of sp³-hybridized carbons (Fsp3) is 0. The summed E-state index contributed by atoms with van der Waals surface area (Å²) in [5.41, 5.74) is 4.62. The summed E-state index contributed by atoms with van der Waals surface area (Å²) in [7, 11) is 0. The van der Waals surface area contributed by atoms with Crippen LogP contribution in [0.25, 0.3) is 77.6 Å². The molecule has 0 aliphatic rings. The van der Waals surface area contributed by atoms with Gasteiger partial charge in [-0.15, -0.1) is 0 Å². The van der Waals surface area contributed by atoms with Crippen molar-refractivity contribution in [3.8, 4) is 34.2 Å². The van der Waals surface area contributed by atoms with Crippen molar-refractivity contribution in [1.29, 1.82) is 0 Å². The maximum absolute atomic E-state index is 6.15. The van der Waals surface area contributed by atoms with Crippen molar-refractivity contribution >= 4 is 43.5 Å². The Bertz CT molecular complexity index is 2180. The number of hydrogen-bond acceptors (Lipinski definition) is 4. The Morgan fingerprint density at radius 1 is 0.410 bits per heavy atom. The molecule has 0 aliphatic carbocycles. The predicted molar refractivity (Wildman–Crippen MR) is 158 cm³/mol. The van der Waals surface area contributed by atoms with E-state index in [0.717, 1.165) is 54.8 Å². The van der Waals surface area contributed by atoms with Gasteiger partial charge in [0, 0.05) is 27.5 Å². The third kappa shape index (κ3) is 3.57. The summed E-state index contributed by atoms with van der Waals surface area (Å²) in [5, 5.41) is 6.74. The molecule has 8 aromatic rings. The van der Waals surface area contributed by atoms with Gasteiger partial charge < -0.3 is 4.42 Å². The molecule has 8 rings (SSSR count). The first-order valence-electron chi connectivity index (χ1n) is 13.0. The van der Waals surface area contributed by atoms with Crippen molar-refractivity contribution in [3.63, 3.8) is 0 Å². The highest BCUT2D eigenvalue weighted by Gasteiger charge is 2.17. The van der Waals surface area contributed by atoms with Crippen molar-refractivity contribution in [2.45, 2.75) is 0 Å². The lowest BCUT2D eigenvalue weighted by Gasteiger charge is -2.11. The van der Waals surface area contributed by atoms with E-state index in [0.29, 0.717) is 17.5 Å². The van der Waals surface area contributed by atoms with Gasteiger partial charge in [0.1, 0.15) is 11.2 Å². The minimum absolute atomic E-state index is 0.643. The van der Waals surface area contributed by atoms with Crippen LogP contribution in [0.3, 0.4) is 0 Å². The third-order valence-corrected chi connectivity index (χ3v) is 7.32. The molecule has 0 atom stereocenters. The van der Waals surface area contributed by atoms with Crippen LogP contribution in [-0.4, -0.2) is 15.0 Å². The number of para-hydroxylation sites is 1. The quantitative estimate of drug-likeness (QED) is 0.243. The Balaban J connectivity index is 1.40. The zero-order valence-electron chi connectivity index (χ0n) is 20.9. The first-order chi connectivity index (χ1) is 19.3. The summed E-state index contributed by atoms with van der Waals surface area (Å²) in [6, 6.07) is 43.4. The lowest BCUT2D eigenvalue weighted by atomic mass is 9.99. The van der Waals surface area contributed by atoms with E-state index in [1.807, 2.05) is 54.6 Å². The zero-order valence-corrected chi connectivity index (χ0v) is 20.9. The molecule has 2 aromatic heterocycles. The molecule has 2 heterocycles. The van der Waals surface area contributed by atoms with Crippen LogP contribution in [-0.2, 0) is 0 Å². The van der Waals surface area contributed by atoms with Gasteiger partial charge in [-0.05, 0) is 45.8 Å². The highest BCUT2D eigenvalue weighted by molar-refractivity contribution is 6.20. The van der Waals surface area contributed by atoms with Crippen molar-refractivity contribution < 1.29 is 4.42 Å². The van der Waals surface area contributed by atoms with Gasteiger partial charge in [0.25, 0.3) is 0 Å². The first-order valence-corrected chi connectivity index (χ1v) is 13.0. The largest absolute Gasteiger partial charge is 0.456 e. The van der Waals surface area contributed by atoms with Gasteiger partial charge in [-0.1, -0.05) is 103 Å². The van der Waals surface area contributed by atoms with Crippen molar-refractivity contribution in [2.75, 3.05) is 0 Å². The Labute approximate surface area is 224 Å². The third-order valence-electron chi connectivity index (χ3n) is 7.32. The number of fused-ring (bicyclic) bond motifs is 6. The molecule has 0 aliphatic heterocycles.